The molecule has 2 aromatic carbocycles. The normalized spacial score (nSPS) is 11.3. The van der Waals surface area contributed by atoms with Gasteiger partial charge in [0.1, 0.15) is 5.82 Å². The number of nitrogens with zero attached hydrogens (tertiary/aromatic N) is 2. The van der Waals surface area contributed by atoms with Crippen LogP contribution in [0.15, 0.2) is 48.7 Å². The molecule has 2 heterocycles. The first-order valence-electron chi connectivity index (χ1n) is 8.26. The monoisotopic (exact) mass is 352 g/mol. The fourth-order valence-corrected chi connectivity index (χ4v) is 3.19. The summed E-state index contributed by atoms with van der Waals surface area (Å²) in [6, 6.07) is 12.0. The number of carbonyl (C=O) groups is 1. The first-order chi connectivity index (χ1) is 12.7. The van der Waals surface area contributed by atoms with Gasteiger partial charge in [0.2, 0.25) is 0 Å². The van der Waals surface area contributed by atoms with Crippen molar-refractivity contribution >= 4 is 27.8 Å². The van der Waals surface area contributed by atoms with Crippen molar-refractivity contribution in [1.29, 1.82) is 0 Å². The predicted octanol–water partition coefficient (Wildman–Crippen LogP) is 2.43. The molecule has 26 heavy (non-hydrogen) atoms. The van der Waals surface area contributed by atoms with E-state index in [9.17, 15) is 9.18 Å². The average molecular weight is 352 g/mol. The van der Waals surface area contributed by atoms with Crippen LogP contribution in [0.3, 0.4) is 0 Å². The van der Waals surface area contributed by atoms with Crippen molar-refractivity contribution in [2.75, 3.05) is 13.2 Å². The Labute approximate surface area is 148 Å². The first-order valence-corrected chi connectivity index (χ1v) is 8.26. The third-order valence-corrected chi connectivity index (χ3v) is 4.36. The minimum atomic E-state index is -0.297. The molecule has 2 aromatic heterocycles. The molecule has 0 aliphatic heterocycles. The second-order valence-corrected chi connectivity index (χ2v) is 6.06. The topological polar surface area (TPSA) is 82.9 Å². The van der Waals surface area contributed by atoms with E-state index in [4.69, 9.17) is 5.11 Å². The fraction of sp³-hybridized carbons (Fsp3) is 0.158. The van der Waals surface area contributed by atoms with E-state index < -0.39 is 0 Å². The maximum absolute atomic E-state index is 13.6. The zero-order valence-electron chi connectivity index (χ0n) is 13.9. The molecule has 0 aliphatic rings. The van der Waals surface area contributed by atoms with E-state index in [2.05, 4.69) is 15.5 Å². The lowest BCUT2D eigenvalue weighted by atomic mass is 10.1. The third-order valence-electron chi connectivity index (χ3n) is 4.36. The number of hydrogen-bond donors (Lipinski definition) is 3. The summed E-state index contributed by atoms with van der Waals surface area (Å²) in [5.41, 5.74) is 4.02. The van der Waals surface area contributed by atoms with Crippen LogP contribution in [0.5, 0.6) is 0 Å². The Kier molecular flexibility index (Phi) is 4.14. The molecule has 7 heteroatoms. The number of amides is 1. The lowest BCUT2D eigenvalue weighted by Gasteiger charge is -2.09. The molecule has 0 saturated carbocycles. The maximum atomic E-state index is 13.6. The van der Waals surface area contributed by atoms with Gasteiger partial charge in [-0.25, -0.2) is 4.39 Å². The number of aromatic amines is 1. The van der Waals surface area contributed by atoms with Crippen LogP contribution in [0.1, 0.15) is 15.9 Å². The van der Waals surface area contributed by atoms with E-state index >= 15 is 0 Å². The Bertz CT molecular complexity index is 1100. The molecule has 4 aromatic rings. The Morgan fingerprint density at radius 1 is 1.23 bits per heavy atom. The smallest absolute Gasteiger partial charge is 0.251 e. The molecule has 0 bridgehead atoms. The van der Waals surface area contributed by atoms with Gasteiger partial charge in [-0.1, -0.05) is 12.1 Å². The van der Waals surface area contributed by atoms with Gasteiger partial charge in [0.25, 0.3) is 5.91 Å². The largest absolute Gasteiger partial charge is 0.395 e. The standard InChI is InChI=1S/C19H17FN4O2/c20-14-4-5-16-15(9-14)18-17(10-22-23-18)24(16)11-12-2-1-3-13(8-12)19(26)21-6-7-25/h1-5,8-10,25H,6-7,11H2,(H,21,26)(H,22,23). The van der Waals surface area contributed by atoms with Crippen molar-refractivity contribution in [1.82, 2.24) is 20.1 Å². The molecule has 1 amide bonds. The molecule has 0 atom stereocenters. The molecular weight excluding hydrogens is 335 g/mol. The SMILES string of the molecule is O=C(NCCO)c1cccc(Cn2c3ccc(F)cc3c3[nH]ncc32)c1. The summed E-state index contributed by atoms with van der Waals surface area (Å²) in [5.74, 6) is -0.525. The molecule has 4 rings (SSSR count). The average Bonchev–Trinajstić information content (AvgIpc) is 3.23. The number of rotatable bonds is 5. The van der Waals surface area contributed by atoms with E-state index in [-0.39, 0.29) is 24.9 Å². The van der Waals surface area contributed by atoms with E-state index in [0.717, 1.165) is 27.5 Å². The number of fused-ring (bicyclic) bond motifs is 3. The summed E-state index contributed by atoms with van der Waals surface area (Å²) in [5, 5.41) is 19.2. The minimum Gasteiger partial charge on any atom is -0.395 e. The van der Waals surface area contributed by atoms with Crippen molar-refractivity contribution in [3.63, 3.8) is 0 Å². The van der Waals surface area contributed by atoms with Crippen molar-refractivity contribution in [2.24, 2.45) is 0 Å². The van der Waals surface area contributed by atoms with Gasteiger partial charge in [-0.15, -0.1) is 0 Å². The second-order valence-electron chi connectivity index (χ2n) is 6.06. The molecule has 0 aliphatic carbocycles. The van der Waals surface area contributed by atoms with Crippen LogP contribution < -0.4 is 5.32 Å². The minimum absolute atomic E-state index is 0.101. The summed E-state index contributed by atoms with van der Waals surface area (Å²) in [7, 11) is 0. The first kappa shape index (κ1) is 16.3. The van der Waals surface area contributed by atoms with Gasteiger partial charge in [-0.05, 0) is 35.9 Å². The third kappa shape index (κ3) is 2.82. The number of carbonyl (C=O) groups excluding carboxylic acids is 1. The molecule has 3 N–H and O–H groups in total. The zero-order valence-corrected chi connectivity index (χ0v) is 13.9. The van der Waals surface area contributed by atoms with E-state index in [1.807, 2.05) is 22.8 Å². The lowest BCUT2D eigenvalue weighted by Crippen LogP contribution is -2.26. The Morgan fingerprint density at radius 2 is 2.12 bits per heavy atom. The number of H-pyrrole nitrogens is 1. The Balaban J connectivity index is 1.73. The van der Waals surface area contributed by atoms with Crippen molar-refractivity contribution < 1.29 is 14.3 Å². The summed E-state index contributed by atoms with van der Waals surface area (Å²) in [6.07, 6.45) is 1.71. The summed E-state index contributed by atoms with van der Waals surface area (Å²) in [4.78, 5) is 12.1. The number of benzene rings is 2. The van der Waals surface area contributed by atoms with Crippen LogP contribution in [0.2, 0.25) is 0 Å². The van der Waals surface area contributed by atoms with Gasteiger partial charge in [0.05, 0.1) is 29.4 Å². The van der Waals surface area contributed by atoms with Gasteiger partial charge < -0.3 is 15.0 Å². The number of nitrogens with one attached hydrogen (secondary N) is 2. The Hall–Kier alpha value is -3.19. The molecule has 6 nitrogen and oxygen atoms in total. The highest BCUT2D eigenvalue weighted by Crippen LogP contribution is 2.28. The van der Waals surface area contributed by atoms with Crippen molar-refractivity contribution in [3.05, 3.63) is 65.6 Å². The van der Waals surface area contributed by atoms with Crippen molar-refractivity contribution in [2.45, 2.75) is 6.54 Å². The van der Waals surface area contributed by atoms with E-state index in [1.54, 1.807) is 18.3 Å². The maximum Gasteiger partial charge on any atom is 0.251 e. The molecule has 0 fully saturated rings. The second kappa shape index (κ2) is 6.61. The highest BCUT2D eigenvalue weighted by Gasteiger charge is 2.14. The molecule has 132 valence electrons. The highest BCUT2D eigenvalue weighted by molar-refractivity contribution is 6.05. The number of aliphatic hydroxyl groups is 1. The molecule has 0 radical (unpaired) electrons. The lowest BCUT2D eigenvalue weighted by molar-refractivity contribution is 0.0944. The fourth-order valence-electron chi connectivity index (χ4n) is 3.19. The molecule has 0 saturated heterocycles. The van der Waals surface area contributed by atoms with Crippen LogP contribution in [0.4, 0.5) is 4.39 Å². The molecule has 0 spiro atoms. The quantitative estimate of drug-likeness (QED) is 0.516. The summed E-state index contributed by atoms with van der Waals surface area (Å²) < 4.78 is 15.7. The highest BCUT2D eigenvalue weighted by atomic mass is 19.1. The van der Waals surface area contributed by atoms with Gasteiger partial charge in [0, 0.05) is 24.0 Å². The summed E-state index contributed by atoms with van der Waals surface area (Å²) >= 11 is 0. The van der Waals surface area contributed by atoms with E-state index in [0.29, 0.717) is 12.1 Å². The molecule has 0 unspecified atom stereocenters. The summed E-state index contributed by atoms with van der Waals surface area (Å²) in [6.45, 7) is 0.634. The number of aromatic nitrogens is 3. The van der Waals surface area contributed by atoms with Crippen LogP contribution in [0.25, 0.3) is 21.9 Å². The van der Waals surface area contributed by atoms with Crippen LogP contribution in [-0.2, 0) is 6.54 Å². The van der Waals surface area contributed by atoms with Gasteiger partial charge in [-0.3, -0.25) is 9.89 Å². The molecular formula is C19H17FN4O2. The zero-order chi connectivity index (χ0) is 18.1. The predicted molar refractivity (Wildman–Crippen MR) is 96.5 cm³/mol. The van der Waals surface area contributed by atoms with Crippen molar-refractivity contribution in [3.8, 4) is 0 Å². The van der Waals surface area contributed by atoms with Gasteiger partial charge in [0.15, 0.2) is 0 Å². The Morgan fingerprint density at radius 3 is 2.96 bits per heavy atom. The number of aliphatic hydroxyl groups excluding tert-OH is 1. The van der Waals surface area contributed by atoms with E-state index in [1.165, 1.54) is 12.1 Å². The van der Waals surface area contributed by atoms with Gasteiger partial charge >= 0.3 is 0 Å². The number of hydrogen-bond acceptors (Lipinski definition) is 3. The van der Waals surface area contributed by atoms with Crippen LogP contribution in [-0.4, -0.2) is 38.9 Å². The van der Waals surface area contributed by atoms with Gasteiger partial charge in [-0.2, -0.15) is 5.10 Å². The van der Waals surface area contributed by atoms with Crippen LogP contribution >= 0.6 is 0 Å². The number of halogens is 1. The van der Waals surface area contributed by atoms with Crippen LogP contribution in [0, 0.1) is 5.82 Å².